The van der Waals surface area contributed by atoms with Gasteiger partial charge in [0.1, 0.15) is 5.84 Å². The van der Waals surface area contributed by atoms with Gasteiger partial charge in [-0.3, -0.25) is 9.79 Å². The predicted octanol–water partition coefficient (Wildman–Crippen LogP) is 1.83. The van der Waals surface area contributed by atoms with Crippen molar-refractivity contribution in [3.63, 3.8) is 0 Å². The molecule has 0 unspecified atom stereocenters. The number of likely N-dealkylation sites (tertiary alicyclic amines) is 1. The fraction of sp³-hybridized carbons (Fsp3) is 0.800. The van der Waals surface area contributed by atoms with Gasteiger partial charge in [0.15, 0.2) is 0 Å². The second kappa shape index (κ2) is 5.00. The molecule has 0 N–H and O–H groups in total. The van der Waals surface area contributed by atoms with E-state index in [1.807, 2.05) is 4.90 Å². The molecule has 0 atom stereocenters. The fourth-order valence-corrected chi connectivity index (χ4v) is 1.52. The smallest absolute Gasteiger partial charge is 0.228 e. The van der Waals surface area contributed by atoms with Gasteiger partial charge in [0.25, 0.3) is 0 Å². The third-order valence-electron chi connectivity index (χ3n) is 2.14. The molecule has 74 valence electrons. The van der Waals surface area contributed by atoms with E-state index in [-0.39, 0.29) is 5.91 Å². The van der Waals surface area contributed by atoms with Crippen molar-refractivity contribution in [2.24, 2.45) is 4.99 Å². The highest BCUT2D eigenvalue weighted by molar-refractivity contribution is 6.04. The van der Waals surface area contributed by atoms with E-state index in [2.05, 4.69) is 18.8 Å². The average molecular weight is 182 g/mol. The molecule has 0 aliphatic carbocycles. The van der Waals surface area contributed by atoms with Gasteiger partial charge in [-0.05, 0) is 12.8 Å². The minimum atomic E-state index is 0.247. The molecular weight excluding hydrogens is 164 g/mol. The molecule has 1 heterocycles. The molecular formula is C10H18N2O. The first-order chi connectivity index (χ1) is 6.29. The first kappa shape index (κ1) is 10.2. The summed E-state index contributed by atoms with van der Waals surface area (Å²) in [4.78, 5) is 17.6. The van der Waals surface area contributed by atoms with Crippen LogP contribution >= 0.6 is 0 Å². The number of hydrogen-bond donors (Lipinski definition) is 0. The zero-order valence-electron chi connectivity index (χ0n) is 8.55. The Morgan fingerprint density at radius 1 is 1.31 bits per heavy atom. The molecule has 0 saturated carbocycles. The van der Waals surface area contributed by atoms with E-state index in [0.717, 1.165) is 38.2 Å². The molecule has 1 saturated heterocycles. The second-order valence-corrected chi connectivity index (χ2v) is 3.34. The Bertz CT molecular complexity index is 211. The maximum atomic E-state index is 11.4. The molecule has 0 aromatic carbocycles. The van der Waals surface area contributed by atoms with Crippen LogP contribution in [0.2, 0.25) is 0 Å². The van der Waals surface area contributed by atoms with Crippen LogP contribution in [0.3, 0.4) is 0 Å². The van der Waals surface area contributed by atoms with E-state index in [1.165, 1.54) is 0 Å². The maximum Gasteiger partial charge on any atom is 0.228 e. The van der Waals surface area contributed by atoms with E-state index in [4.69, 9.17) is 0 Å². The third-order valence-corrected chi connectivity index (χ3v) is 2.14. The monoisotopic (exact) mass is 182 g/mol. The Morgan fingerprint density at radius 3 is 2.69 bits per heavy atom. The number of carbonyl (C=O) groups is 1. The molecule has 0 radical (unpaired) electrons. The van der Waals surface area contributed by atoms with Crippen LogP contribution in [-0.2, 0) is 4.79 Å². The Labute approximate surface area is 79.8 Å². The van der Waals surface area contributed by atoms with Crippen molar-refractivity contribution in [1.82, 2.24) is 4.90 Å². The maximum absolute atomic E-state index is 11.4. The van der Waals surface area contributed by atoms with E-state index in [9.17, 15) is 4.79 Å². The lowest BCUT2D eigenvalue weighted by Crippen LogP contribution is -2.30. The lowest BCUT2D eigenvalue weighted by Gasteiger charge is -2.15. The zero-order chi connectivity index (χ0) is 9.68. The van der Waals surface area contributed by atoms with E-state index >= 15 is 0 Å². The van der Waals surface area contributed by atoms with Crippen LogP contribution in [0.4, 0.5) is 0 Å². The molecule has 3 nitrogen and oxygen atoms in total. The van der Waals surface area contributed by atoms with Crippen LogP contribution in [0, 0.1) is 0 Å². The van der Waals surface area contributed by atoms with Crippen molar-refractivity contribution in [2.45, 2.75) is 39.5 Å². The second-order valence-electron chi connectivity index (χ2n) is 3.34. The number of amidine groups is 1. The van der Waals surface area contributed by atoms with Gasteiger partial charge in [-0.15, -0.1) is 0 Å². The van der Waals surface area contributed by atoms with Crippen molar-refractivity contribution in [2.75, 3.05) is 13.1 Å². The molecule has 1 amide bonds. The standard InChI is InChI=1S/C10H18N2O/c1-3-7-11-9-5-6-10(13)12(9)8-4-2/h3-8H2,1-2H3. The SMILES string of the molecule is CCCN=C1CCC(=O)N1CCC. The summed E-state index contributed by atoms with van der Waals surface area (Å²) in [6, 6.07) is 0. The van der Waals surface area contributed by atoms with E-state index in [1.54, 1.807) is 0 Å². The summed E-state index contributed by atoms with van der Waals surface area (Å²) in [6.07, 6.45) is 3.57. The first-order valence-corrected chi connectivity index (χ1v) is 5.13. The van der Waals surface area contributed by atoms with Crippen molar-refractivity contribution < 1.29 is 4.79 Å². The molecule has 0 spiro atoms. The highest BCUT2D eigenvalue weighted by Gasteiger charge is 2.25. The van der Waals surface area contributed by atoms with Crippen LogP contribution in [0.5, 0.6) is 0 Å². The Morgan fingerprint density at radius 2 is 2.08 bits per heavy atom. The molecule has 1 aliphatic rings. The van der Waals surface area contributed by atoms with Crippen LogP contribution < -0.4 is 0 Å². The Balaban J connectivity index is 2.58. The van der Waals surface area contributed by atoms with Gasteiger partial charge in [-0.2, -0.15) is 0 Å². The number of hydrogen-bond acceptors (Lipinski definition) is 2. The number of aliphatic imine (C=N–C) groups is 1. The average Bonchev–Trinajstić information content (AvgIpc) is 2.46. The number of nitrogens with zero attached hydrogens (tertiary/aromatic N) is 2. The highest BCUT2D eigenvalue weighted by Crippen LogP contribution is 2.13. The van der Waals surface area contributed by atoms with Crippen molar-refractivity contribution >= 4 is 11.7 Å². The molecule has 0 bridgehead atoms. The largest absolute Gasteiger partial charge is 0.301 e. The van der Waals surface area contributed by atoms with Gasteiger partial charge in [0.2, 0.25) is 5.91 Å². The topological polar surface area (TPSA) is 32.7 Å². The van der Waals surface area contributed by atoms with Crippen LogP contribution in [0.1, 0.15) is 39.5 Å². The van der Waals surface area contributed by atoms with Gasteiger partial charge >= 0.3 is 0 Å². The number of carbonyl (C=O) groups excluding carboxylic acids is 1. The lowest BCUT2D eigenvalue weighted by atomic mass is 10.3. The summed E-state index contributed by atoms with van der Waals surface area (Å²) in [5, 5.41) is 0. The van der Waals surface area contributed by atoms with Gasteiger partial charge < -0.3 is 4.90 Å². The normalized spacial score (nSPS) is 20.3. The van der Waals surface area contributed by atoms with E-state index < -0.39 is 0 Å². The molecule has 0 aromatic rings. The van der Waals surface area contributed by atoms with Crippen LogP contribution in [0.15, 0.2) is 4.99 Å². The summed E-state index contributed by atoms with van der Waals surface area (Å²) < 4.78 is 0. The van der Waals surface area contributed by atoms with Gasteiger partial charge in [-0.1, -0.05) is 13.8 Å². The minimum absolute atomic E-state index is 0.247. The van der Waals surface area contributed by atoms with Crippen molar-refractivity contribution in [3.05, 3.63) is 0 Å². The summed E-state index contributed by atoms with van der Waals surface area (Å²) in [6.45, 7) is 5.87. The molecule has 1 aliphatic heterocycles. The third kappa shape index (κ3) is 2.54. The molecule has 13 heavy (non-hydrogen) atoms. The number of rotatable bonds is 4. The van der Waals surface area contributed by atoms with Gasteiger partial charge in [0.05, 0.1) is 0 Å². The van der Waals surface area contributed by atoms with Crippen molar-refractivity contribution in [3.8, 4) is 0 Å². The molecule has 1 rings (SSSR count). The summed E-state index contributed by atoms with van der Waals surface area (Å²) in [7, 11) is 0. The van der Waals surface area contributed by atoms with E-state index in [0.29, 0.717) is 6.42 Å². The Hall–Kier alpha value is -0.860. The fourth-order valence-electron chi connectivity index (χ4n) is 1.52. The quantitative estimate of drug-likeness (QED) is 0.652. The molecule has 3 heteroatoms. The first-order valence-electron chi connectivity index (χ1n) is 5.13. The Kier molecular flexibility index (Phi) is 3.93. The molecule has 1 fully saturated rings. The van der Waals surface area contributed by atoms with Gasteiger partial charge in [0, 0.05) is 25.9 Å². The van der Waals surface area contributed by atoms with Crippen LogP contribution in [-0.4, -0.2) is 29.7 Å². The lowest BCUT2D eigenvalue weighted by molar-refractivity contribution is -0.125. The highest BCUT2D eigenvalue weighted by atomic mass is 16.2. The minimum Gasteiger partial charge on any atom is -0.301 e. The summed E-state index contributed by atoms with van der Waals surface area (Å²) in [5.41, 5.74) is 0. The zero-order valence-corrected chi connectivity index (χ0v) is 8.55. The van der Waals surface area contributed by atoms with Crippen molar-refractivity contribution in [1.29, 1.82) is 0 Å². The van der Waals surface area contributed by atoms with Crippen LogP contribution in [0.25, 0.3) is 0 Å². The number of amides is 1. The van der Waals surface area contributed by atoms with Gasteiger partial charge in [-0.25, -0.2) is 0 Å². The summed E-state index contributed by atoms with van der Waals surface area (Å²) in [5.74, 6) is 1.26. The summed E-state index contributed by atoms with van der Waals surface area (Å²) >= 11 is 0. The predicted molar refractivity (Wildman–Crippen MR) is 53.8 cm³/mol. The molecule has 0 aromatic heterocycles.